The number of benzene rings is 3. The molecule has 0 nitrogen and oxygen atoms in total. The molecule has 122 valence electrons. The van der Waals surface area contributed by atoms with Crippen molar-refractivity contribution >= 4 is 9.81 Å². The van der Waals surface area contributed by atoms with Gasteiger partial charge in [-0.2, -0.15) is 0 Å². The van der Waals surface area contributed by atoms with Crippen LogP contribution < -0.4 is 9.81 Å². The van der Waals surface area contributed by atoms with Crippen molar-refractivity contribution in [2.75, 3.05) is 0 Å². The molecule has 25 heavy (non-hydrogen) atoms. The Kier molecular flexibility index (Phi) is 4.68. The fraction of sp³-hybridized carbons (Fsp3) is 0.0833. The van der Waals surface area contributed by atoms with Gasteiger partial charge in [-0.05, 0) is 0 Å². The molecule has 0 N–H and O–H groups in total. The Bertz CT molecular complexity index is 809. The van der Waals surface area contributed by atoms with E-state index in [0.717, 1.165) is 6.42 Å². The minimum absolute atomic E-state index is 1.08. The van der Waals surface area contributed by atoms with Crippen molar-refractivity contribution < 1.29 is 20.3 Å². The maximum atomic E-state index is 2.36. The standard InChI is InChI=1S/C6H7.3C6H5.Zr/c1-6-4-2-3-5-6;3*1-2-4-6-5-3-1;/h2,4H,3H2,1H3;3*1-5H;. The third kappa shape index (κ3) is 2.81. The van der Waals surface area contributed by atoms with Gasteiger partial charge in [0.2, 0.25) is 0 Å². The maximum absolute atomic E-state index is 3.25. The van der Waals surface area contributed by atoms with Gasteiger partial charge in [0.15, 0.2) is 0 Å². The van der Waals surface area contributed by atoms with Crippen LogP contribution in [0.15, 0.2) is 112 Å². The van der Waals surface area contributed by atoms with Gasteiger partial charge in [-0.1, -0.05) is 0 Å². The van der Waals surface area contributed by atoms with Gasteiger partial charge in [-0.3, -0.25) is 0 Å². The molecule has 0 amide bonds. The number of hydrogen-bond donors (Lipinski definition) is 0. The van der Waals surface area contributed by atoms with Crippen LogP contribution in [0.1, 0.15) is 13.3 Å². The number of allylic oxidation sites excluding steroid dienone is 4. The first-order valence-corrected chi connectivity index (χ1v) is 13.8. The van der Waals surface area contributed by atoms with Crippen LogP contribution in [0.3, 0.4) is 0 Å². The molecule has 0 spiro atoms. The second-order valence-electron chi connectivity index (χ2n) is 6.62. The van der Waals surface area contributed by atoms with E-state index in [9.17, 15) is 0 Å². The summed E-state index contributed by atoms with van der Waals surface area (Å²) in [5.41, 5.74) is 1.47. The first kappa shape index (κ1) is 16.5. The van der Waals surface area contributed by atoms with Crippen LogP contribution in [-0.2, 0) is 20.3 Å². The van der Waals surface area contributed by atoms with Crippen molar-refractivity contribution in [1.82, 2.24) is 0 Å². The van der Waals surface area contributed by atoms with Crippen LogP contribution in [0.5, 0.6) is 0 Å². The van der Waals surface area contributed by atoms with E-state index in [4.69, 9.17) is 0 Å². The molecule has 0 saturated heterocycles. The molecule has 0 aromatic heterocycles. The van der Waals surface area contributed by atoms with Gasteiger partial charge >= 0.3 is 155 Å². The zero-order chi connectivity index (χ0) is 17.1. The molecule has 1 aliphatic carbocycles. The molecule has 0 saturated carbocycles. The molecular weight excluding hydrogens is 379 g/mol. The van der Waals surface area contributed by atoms with E-state index in [-0.39, 0.29) is 0 Å². The molecule has 0 radical (unpaired) electrons. The van der Waals surface area contributed by atoms with E-state index < -0.39 is 20.3 Å². The van der Waals surface area contributed by atoms with E-state index in [1.54, 1.807) is 3.28 Å². The van der Waals surface area contributed by atoms with Gasteiger partial charge in [-0.25, -0.2) is 0 Å². The van der Waals surface area contributed by atoms with E-state index in [2.05, 4.69) is 110 Å². The molecule has 3 aromatic carbocycles. The van der Waals surface area contributed by atoms with Crippen LogP contribution in [0.4, 0.5) is 0 Å². The van der Waals surface area contributed by atoms with Gasteiger partial charge in [0, 0.05) is 0 Å². The summed E-state index contributed by atoms with van der Waals surface area (Å²) >= 11 is -3.25. The van der Waals surface area contributed by atoms with Gasteiger partial charge in [0.1, 0.15) is 0 Å². The van der Waals surface area contributed by atoms with Crippen LogP contribution in [-0.4, -0.2) is 0 Å². The molecule has 0 bridgehead atoms. The van der Waals surface area contributed by atoms with Crippen LogP contribution in [0.2, 0.25) is 0 Å². The van der Waals surface area contributed by atoms with Gasteiger partial charge in [0.05, 0.1) is 0 Å². The van der Waals surface area contributed by atoms with Crippen LogP contribution in [0.25, 0.3) is 0 Å². The zero-order valence-corrected chi connectivity index (χ0v) is 17.0. The summed E-state index contributed by atoms with van der Waals surface area (Å²) < 4.78 is 6.28. The first-order valence-electron chi connectivity index (χ1n) is 8.87. The van der Waals surface area contributed by atoms with E-state index in [1.165, 1.54) is 15.4 Å². The SMILES string of the molecule is CC1=[C]([Zr]([c]2ccccc2)([c]2ccccc2)[c]2ccccc2)CC=C1. The molecule has 0 aliphatic heterocycles. The summed E-state index contributed by atoms with van der Waals surface area (Å²) in [5, 5.41) is 0. The first-order chi connectivity index (χ1) is 12.3. The fourth-order valence-electron chi connectivity index (χ4n) is 4.15. The average molecular weight is 402 g/mol. The van der Waals surface area contributed by atoms with Crippen LogP contribution in [0, 0.1) is 0 Å². The van der Waals surface area contributed by atoms with E-state index in [1.807, 2.05) is 0 Å². The normalized spacial score (nSPS) is 14.1. The fourth-order valence-corrected chi connectivity index (χ4v) is 17.0. The van der Waals surface area contributed by atoms with E-state index >= 15 is 0 Å². The van der Waals surface area contributed by atoms with Gasteiger partial charge < -0.3 is 0 Å². The quantitative estimate of drug-likeness (QED) is 0.610. The molecule has 0 atom stereocenters. The van der Waals surface area contributed by atoms with Crippen molar-refractivity contribution in [2.45, 2.75) is 13.3 Å². The molecule has 0 unspecified atom stereocenters. The second-order valence-corrected chi connectivity index (χ2v) is 16.0. The summed E-state index contributed by atoms with van der Waals surface area (Å²) in [7, 11) is 0. The molecule has 0 fully saturated rings. The topological polar surface area (TPSA) is 0 Å². The molecule has 1 heteroatoms. The summed E-state index contributed by atoms with van der Waals surface area (Å²) in [5.74, 6) is 0. The van der Waals surface area contributed by atoms with Gasteiger partial charge in [0.25, 0.3) is 0 Å². The molecular formula is C24H22Zr. The number of hydrogen-bond acceptors (Lipinski definition) is 0. The summed E-state index contributed by atoms with van der Waals surface area (Å²) in [6.45, 7) is 2.29. The average Bonchev–Trinajstić information content (AvgIpc) is 3.12. The molecule has 4 rings (SSSR count). The Morgan fingerprint density at radius 1 is 0.600 bits per heavy atom. The van der Waals surface area contributed by atoms with Crippen molar-refractivity contribution in [2.24, 2.45) is 0 Å². The minimum atomic E-state index is -3.25. The van der Waals surface area contributed by atoms with Gasteiger partial charge in [-0.15, -0.1) is 0 Å². The summed E-state index contributed by atoms with van der Waals surface area (Å²) in [4.78, 5) is 0. The molecule has 3 aromatic rings. The van der Waals surface area contributed by atoms with Crippen molar-refractivity contribution in [1.29, 1.82) is 0 Å². The molecule has 1 aliphatic rings. The third-order valence-corrected chi connectivity index (χ3v) is 17.8. The molecule has 0 heterocycles. The Labute approximate surface area is 154 Å². The monoisotopic (exact) mass is 400 g/mol. The third-order valence-electron chi connectivity index (χ3n) is 5.24. The predicted molar refractivity (Wildman–Crippen MR) is 105 cm³/mol. The van der Waals surface area contributed by atoms with Crippen LogP contribution >= 0.6 is 0 Å². The van der Waals surface area contributed by atoms with Crippen molar-refractivity contribution in [3.63, 3.8) is 0 Å². The Balaban J connectivity index is 2.11. The van der Waals surface area contributed by atoms with Crippen molar-refractivity contribution in [3.8, 4) is 0 Å². The Morgan fingerprint density at radius 3 is 1.32 bits per heavy atom. The zero-order valence-electron chi connectivity index (χ0n) is 14.5. The Morgan fingerprint density at radius 2 is 1.00 bits per heavy atom. The van der Waals surface area contributed by atoms with Crippen molar-refractivity contribution in [3.05, 3.63) is 112 Å². The summed E-state index contributed by atoms with van der Waals surface area (Å²) in [6, 6.07) is 33.7. The van der Waals surface area contributed by atoms with E-state index in [0.29, 0.717) is 0 Å². The second kappa shape index (κ2) is 7.10. The number of rotatable bonds is 4. The summed E-state index contributed by atoms with van der Waals surface area (Å²) in [6.07, 6.45) is 5.74. The Hall–Kier alpha value is -1.98. The predicted octanol–water partition coefficient (Wildman–Crippen LogP) is 4.35.